The van der Waals surface area contributed by atoms with E-state index < -0.39 is 0 Å². The van der Waals surface area contributed by atoms with Gasteiger partial charge in [0, 0.05) is 11.5 Å². The molecule has 0 fully saturated rings. The Hall–Kier alpha value is -1.73. The van der Waals surface area contributed by atoms with Crippen molar-refractivity contribution in [3.05, 3.63) is 50.9 Å². The Morgan fingerprint density at radius 2 is 1.87 bits per heavy atom. The summed E-state index contributed by atoms with van der Waals surface area (Å²) in [7, 11) is 0. The van der Waals surface area contributed by atoms with Crippen molar-refractivity contribution in [3.8, 4) is 0 Å². The van der Waals surface area contributed by atoms with Gasteiger partial charge in [-0.05, 0) is 43.0 Å². The lowest BCUT2D eigenvalue weighted by Gasteiger charge is -2.06. The van der Waals surface area contributed by atoms with Crippen molar-refractivity contribution in [1.82, 2.24) is 0 Å². The molecule has 0 heterocycles. The molecular formula is C12H15N3. The fourth-order valence-corrected chi connectivity index (χ4v) is 1.71. The molecule has 1 aromatic carbocycles. The van der Waals surface area contributed by atoms with Crippen molar-refractivity contribution in [2.75, 3.05) is 6.54 Å². The number of hydrogen-bond donors (Lipinski definition) is 0. The van der Waals surface area contributed by atoms with Crippen LogP contribution in [0.4, 0.5) is 0 Å². The smallest absolute Gasteiger partial charge is 0.0443 e. The minimum Gasteiger partial charge on any atom is -0.0899 e. The highest BCUT2D eigenvalue weighted by molar-refractivity contribution is 5.58. The predicted molar refractivity (Wildman–Crippen MR) is 63.7 cm³/mol. The highest BCUT2D eigenvalue weighted by Gasteiger charge is 1.99. The zero-order valence-corrected chi connectivity index (χ0v) is 9.36. The lowest BCUT2D eigenvalue weighted by Crippen LogP contribution is -1.88. The maximum absolute atomic E-state index is 8.13. The second-order valence-electron chi connectivity index (χ2n) is 3.63. The summed E-state index contributed by atoms with van der Waals surface area (Å²) in [5.74, 6) is 0. The summed E-state index contributed by atoms with van der Waals surface area (Å²) in [5, 5.41) is 3.46. The molecule has 0 N–H and O–H groups in total. The van der Waals surface area contributed by atoms with Gasteiger partial charge in [0.15, 0.2) is 0 Å². The average molecular weight is 201 g/mol. The van der Waals surface area contributed by atoms with Gasteiger partial charge in [-0.2, -0.15) is 0 Å². The number of rotatable bonds is 3. The molecular weight excluding hydrogens is 186 g/mol. The Kier molecular flexibility index (Phi) is 3.95. The average Bonchev–Trinajstić information content (AvgIpc) is 2.15. The van der Waals surface area contributed by atoms with Crippen molar-refractivity contribution >= 4 is 6.08 Å². The summed E-state index contributed by atoms with van der Waals surface area (Å²) >= 11 is 0. The van der Waals surface area contributed by atoms with Crippen LogP contribution >= 0.6 is 0 Å². The van der Waals surface area contributed by atoms with Crippen LogP contribution < -0.4 is 0 Å². The third-order valence-corrected chi connectivity index (χ3v) is 2.27. The standard InChI is InChI=1S/C12H15N3/c1-9-7-10(2)12(11(3)8-9)5-4-6-14-15-13/h4-5,7-8H,6H2,1-3H3. The molecule has 0 bridgehead atoms. The van der Waals surface area contributed by atoms with Crippen LogP contribution in [0.3, 0.4) is 0 Å². The van der Waals surface area contributed by atoms with Gasteiger partial charge in [-0.1, -0.05) is 35.0 Å². The first kappa shape index (κ1) is 11.3. The van der Waals surface area contributed by atoms with Crippen LogP contribution in [0.1, 0.15) is 22.3 Å². The van der Waals surface area contributed by atoms with Gasteiger partial charge in [-0.3, -0.25) is 0 Å². The minimum absolute atomic E-state index is 0.406. The molecule has 0 amide bonds. The Labute approximate surface area is 90.1 Å². The maximum atomic E-state index is 8.13. The van der Waals surface area contributed by atoms with E-state index in [0.29, 0.717) is 6.54 Å². The molecule has 1 rings (SSSR count). The molecule has 0 aliphatic carbocycles. The molecule has 0 unspecified atom stereocenters. The summed E-state index contributed by atoms with van der Waals surface area (Å²) in [4.78, 5) is 2.70. The lowest BCUT2D eigenvalue weighted by molar-refractivity contribution is 1.21. The van der Waals surface area contributed by atoms with E-state index in [0.717, 1.165) is 0 Å². The van der Waals surface area contributed by atoms with E-state index in [1.807, 2.05) is 12.2 Å². The number of hydrogen-bond acceptors (Lipinski definition) is 1. The molecule has 0 aromatic heterocycles. The minimum atomic E-state index is 0.406. The molecule has 0 saturated carbocycles. The zero-order chi connectivity index (χ0) is 11.3. The summed E-state index contributed by atoms with van der Waals surface area (Å²) < 4.78 is 0. The number of nitrogens with zero attached hydrogens (tertiary/aromatic N) is 3. The normalized spacial score (nSPS) is 10.3. The molecule has 3 nitrogen and oxygen atoms in total. The molecule has 78 valence electrons. The Morgan fingerprint density at radius 1 is 1.27 bits per heavy atom. The summed E-state index contributed by atoms with van der Waals surface area (Å²) in [6.45, 7) is 6.68. The number of benzene rings is 1. The third kappa shape index (κ3) is 3.15. The lowest BCUT2D eigenvalue weighted by atomic mass is 9.99. The van der Waals surface area contributed by atoms with Crippen LogP contribution in [0.25, 0.3) is 16.5 Å². The largest absolute Gasteiger partial charge is 0.0899 e. The quantitative estimate of drug-likeness (QED) is 0.404. The van der Waals surface area contributed by atoms with Gasteiger partial charge < -0.3 is 0 Å². The van der Waals surface area contributed by atoms with Crippen LogP contribution in [0.5, 0.6) is 0 Å². The summed E-state index contributed by atoms with van der Waals surface area (Å²) in [6.07, 6.45) is 3.89. The third-order valence-electron chi connectivity index (χ3n) is 2.27. The monoisotopic (exact) mass is 201 g/mol. The predicted octanol–water partition coefficient (Wildman–Crippen LogP) is 3.94. The SMILES string of the molecule is Cc1cc(C)c(C=CCN=[N+]=[N-])c(C)c1. The maximum Gasteiger partial charge on any atom is 0.0443 e. The second-order valence-corrected chi connectivity index (χ2v) is 3.63. The van der Waals surface area contributed by atoms with Crippen LogP contribution in [0.15, 0.2) is 23.3 Å². The highest BCUT2D eigenvalue weighted by Crippen LogP contribution is 2.17. The van der Waals surface area contributed by atoms with Gasteiger partial charge in [0.05, 0.1) is 0 Å². The number of azide groups is 1. The first-order chi connectivity index (χ1) is 7.15. The van der Waals surface area contributed by atoms with Crippen LogP contribution in [0, 0.1) is 20.8 Å². The van der Waals surface area contributed by atoms with Gasteiger partial charge in [0.2, 0.25) is 0 Å². The zero-order valence-electron chi connectivity index (χ0n) is 9.36. The van der Waals surface area contributed by atoms with Crippen LogP contribution in [0.2, 0.25) is 0 Å². The highest BCUT2D eigenvalue weighted by atomic mass is 15.1. The van der Waals surface area contributed by atoms with E-state index in [9.17, 15) is 0 Å². The van der Waals surface area contributed by atoms with Crippen LogP contribution in [-0.4, -0.2) is 6.54 Å². The van der Waals surface area contributed by atoms with Crippen LogP contribution in [-0.2, 0) is 0 Å². The molecule has 0 radical (unpaired) electrons. The Morgan fingerprint density at radius 3 is 2.40 bits per heavy atom. The first-order valence-electron chi connectivity index (χ1n) is 4.90. The van der Waals surface area contributed by atoms with Crippen molar-refractivity contribution in [3.63, 3.8) is 0 Å². The molecule has 0 atom stereocenters. The molecule has 3 heteroatoms. The molecule has 0 spiro atoms. The molecule has 15 heavy (non-hydrogen) atoms. The fraction of sp³-hybridized carbons (Fsp3) is 0.333. The molecule has 0 aliphatic heterocycles. The van der Waals surface area contributed by atoms with Crippen molar-refractivity contribution in [2.24, 2.45) is 5.11 Å². The summed E-state index contributed by atoms with van der Waals surface area (Å²) in [5.41, 5.74) is 13.1. The Bertz CT molecular complexity index is 403. The van der Waals surface area contributed by atoms with E-state index in [4.69, 9.17) is 5.53 Å². The van der Waals surface area contributed by atoms with E-state index in [1.165, 1.54) is 22.3 Å². The van der Waals surface area contributed by atoms with Crippen molar-refractivity contribution in [2.45, 2.75) is 20.8 Å². The van der Waals surface area contributed by atoms with Gasteiger partial charge in [-0.15, -0.1) is 0 Å². The fourth-order valence-electron chi connectivity index (χ4n) is 1.71. The molecule has 1 aromatic rings. The topological polar surface area (TPSA) is 48.8 Å². The molecule has 0 saturated heterocycles. The van der Waals surface area contributed by atoms with E-state index in [-0.39, 0.29) is 0 Å². The van der Waals surface area contributed by atoms with Gasteiger partial charge in [-0.25, -0.2) is 0 Å². The second kappa shape index (κ2) is 5.23. The Balaban J connectivity index is 2.94. The summed E-state index contributed by atoms with van der Waals surface area (Å²) in [6, 6.07) is 4.31. The van der Waals surface area contributed by atoms with Crippen molar-refractivity contribution in [1.29, 1.82) is 0 Å². The van der Waals surface area contributed by atoms with Gasteiger partial charge in [0.25, 0.3) is 0 Å². The molecule has 0 aliphatic rings. The van der Waals surface area contributed by atoms with Gasteiger partial charge in [0.1, 0.15) is 0 Å². The van der Waals surface area contributed by atoms with E-state index in [2.05, 4.69) is 42.9 Å². The van der Waals surface area contributed by atoms with Gasteiger partial charge >= 0.3 is 0 Å². The first-order valence-corrected chi connectivity index (χ1v) is 4.90. The van der Waals surface area contributed by atoms with E-state index >= 15 is 0 Å². The number of aryl methyl sites for hydroxylation is 3. The van der Waals surface area contributed by atoms with Crippen molar-refractivity contribution < 1.29 is 0 Å². The van der Waals surface area contributed by atoms with E-state index in [1.54, 1.807) is 0 Å².